The SMILES string of the molecule is CC1(Cc2ccccc2)Cc2cc([N+](=O)[O-])ccc2O1. The lowest BCUT2D eigenvalue weighted by Crippen LogP contribution is -2.32. The van der Waals surface area contributed by atoms with Crippen LogP contribution in [0.5, 0.6) is 5.75 Å². The van der Waals surface area contributed by atoms with Gasteiger partial charge in [-0.1, -0.05) is 30.3 Å². The third kappa shape index (κ3) is 2.37. The summed E-state index contributed by atoms with van der Waals surface area (Å²) in [6, 6.07) is 14.9. The third-order valence-corrected chi connectivity index (χ3v) is 3.60. The number of non-ortho nitro benzene ring substituents is 1. The van der Waals surface area contributed by atoms with Gasteiger partial charge in [-0.25, -0.2) is 0 Å². The van der Waals surface area contributed by atoms with Gasteiger partial charge in [-0.15, -0.1) is 0 Å². The summed E-state index contributed by atoms with van der Waals surface area (Å²) in [6.45, 7) is 2.05. The Morgan fingerprint density at radius 2 is 2.00 bits per heavy atom. The summed E-state index contributed by atoms with van der Waals surface area (Å²) < 4.78 is 6.01. The molecule has 2 aromatic rings. The van der Waals surface area contributed by atoms with Gasteiger partial charge >= 0.3 is 0 Å². The second-order valence-electron chi connectivity index (χ2n) is 5.44. The van der Waals surface area contributed by atoms with E-state index in [4.69, 9.17) is 4.74 Å². The van der Waals surface area contributed by atoms with Gasteiger partial charge in [0.1, 0.15) is 11.4 Å². The largest absolute Gasteiger partial charge is 0.487 e. The van der Waals surface area contributed by atoms with Crippen LogP contribution in [0.25, 0.3) is 0 Å². The van der Waals surface area contributed by atoms with E-state index in [0.717, 1.165) is 17.7 Å². The molecular weight excluding hydrogens is 254 g/mol. The Balaban J connectivity index is 1.84. The number of nitro groups is 1. The molecule has 0 radical (unpaired) electrons. The Hall–Kier alpha value is -2.36. The molecular formula is C16H15NO3. The van der Waals surface area contributed by atoms with Crippen LogP contribution >= 0.6 is 0 Å². The van der Waals surface area contributed by atoms with Crippen molar-refractivity contribution < 1.29 is 9.66 Å². The van der Waals surface area contributed by atoms with Crippen molar-refractivity contribution in [1.29, 1.82) is 0 Å². The van der Waals surface area contributed by atoms with E-state index in [1.54, 1.807) is 12.1 Å². The minimum absolute atomic E-state index is 0.122. The fraction of sp³-hybridized carbons (Fsp3) is 0.250. The molecule has 4 heteroatoms. The Kier molecular flexibility index (Phi) is 2.93. The molecule has 1 heterocycles. The van der Waals surface area contributed by atoms with Crippen molar-refractivity contribution in [1.82, 2.24) is 0 Å². The Morgan fingerprint density at radius 1 is 1.25 bits per heavy atom. The molecule has 4 nitrogen and oxygen atoms in total. The first-order valence-corrected chi connectivity index (χ1v) is 6.56. The lowest BCUT2D eigenvalue weighted by Gasteiger charge is -2.24. The molecule has 1 unspecified atom stereocenters. The minimum Gasteiger partial charge on any atom is -0.487 e. The summed E-state index contributed by atoms with van der Waals surface area (Å²) in [6.07, 6.45) is 1.48. The quantitative estimate of drug-likeness (QED) is 0.632. The normalized spacial score (nSPS) is 20.2. The van der Waals surface area contributed by atoms with Crippen molar-refractivity contribution in [2.45, 2.75) is 25.4 Å². The molecule has 0 aromatic heterocycles. The van der Waals surface area contributed by atoms with Crippen molar-refractivity contribution in [3.63, 3.8) is 0 Å². The molecule has 1 aliphatic heterocycles. The van der Waals surface area contributed by atoms with Crippen LogP contribution in [0.4, 0.5) is 5.69 Å². The van der Waals surface area contributed by atoms with Crippen LogP contribution in [0.2, 0.25) is 0 Å². The molecule has 20 heavy (non-hydrogen) atoms. The van der Waals surface area contributed by atoms with Crippen molar-refractivity contribution in [2.24, 2.45) is 0 Å². The third-order valence-electron chi connectivity index (χ3n) is 3.60. The van der Waals surface area contributed by atoms with E-state index in [1.807, 2.05) is 25.1 Å². The molecule has 0 aliphatic carbocycles. The van der Waals surface area contributed by atoms with Gasteiger partial charge in [-0.05, 0) is 18.6 Å². The number of nitrogens with zero attached hydrogens (tertiary/aromatic N) is 1. The van der Waals surface area contributed by atoms with Crippen LogP contribution in [-0.4, -0.2) is 10.5 Å². The Morgan fingerprint density at radius 3 is 2.70 bits per heavy atom. The van der Waals surface area contributed by atoms with Gasteiger partial charge in [0, 0.05) is 30.5 Å². The van der Waals surface area contributed by atoms with Crippen molar-refractivity contribution >= 4 is 5.69 Å². The summed E-state index contributed by atoms with van der Waals surface area (Å²) in [7, 11) is 0. The fourth-order valence-electron chi connectivity index (χ4n) is 2.75. The van der Waals surface area contributed by atoms with Gasteiger partial charge in [0.2, 0.25) is 0 Å². The first-order chi connectivity index (χ1) is 9.56. The molecule has 0 spiro atoms. The summed E-state index contributed by atoms with van der Waals surface area (Å²) in [5.41, 5.74) is 1.91. The zero-order valence-electron chi connectivity index (χ0n) is 11.2. The lowest BCUT2D eigenvalue weighted by atomic mass is 9.92. The molecule has 3 rings (SSSR count). The zero-order chi connectivity index (χ0) is 14.2. The molecule has 1 atom stereocenters. The van der Waals surface area contributed by atoms with E-state index in [9.17, 15) is 10.1 Å². The van der Waals surface area contributed by atoms with Gasteiger partial charge in [0.15, 0.2) is 0 Å². The van der Waals surface area contributed by atoms with E-state index < -0.39 is 0 Å². The number of hydrogen-bond donors (Lipinski definition) is 0. The highest BCUT2D eigenvalue weighted by Crippen LogP contribution is 2.38. The maximum absolute atomic E-state index is 10.8. The number of rotatable bonds is 3. The predicted molar refractivity (Wildman–Crippen MR) is 76.0 cm³/mol. The molecule has 102 valence electrons. The highest BCUT2D eigenvalue weighted by atomic mass is 16.6. The maximum Gasteiger partial charge on any atom is 0.269 e. The van der Waals surface area contributed by atoms with Crippen LogP contribution in [-0.2, 0) is 12.8 Å². The van der Waals surface area contributed by atoms with Crippen LogP contribution in [0.3, 0.4) is 0 Å². The monoisotopic (exact) mass is 269 g/mol. The average molecular weight is 269 g/mol. The second kappa shape index (κ2) is 4.63. The number of fused-ring (bicyclic) bond motifs is 1. The van der Waals surface area contributed by atoms with Crippen LogP contribution in [0.15, 0.2) is 48.5 Å². The number of benzene rings is 2. The van der Waals surface area contributed by atoms with Crippen LogP contribution in [0, 0.1) is 10.1 Å². The summed E-state index contributed by atoms with van der Waals surface area (Å²) in [5, 5.41) is 10.8. The molecule has 1 aliphatic rings. The summed E-state index contributed by atoms with van der Waals surface area (Å²) >= 11 is 0. The summed E-state index contributed by atoms with van der Waals surface area (Å²) in [5.74, 6) is 0.758. The van der Waals surface area contributed by atoms with Gasteiger partial charge in [0.25, 0.3) is 5.69 Å². The fourth-order valence-corrected chi connectivity index (χ4v) is 2.75. The van der Waals surface area contributed by atoms with Crippen molar-refractivity contribution in [3.05, 3.63) is 69.8 Å². The van der Waals surface area contributed by atoms with Gasteiger partial charge < -0.3 is 4.74 Å². The molecule has 0 bridgehead atoms. The van der Waals surface area contributed by atoms with Crippen molar-refractivity contribution in [2.75, 3.05) is 0 Å². The first kappa shape index (κ1) is 12.7. The number of hydrogen-bond acceptors (Lipinski definition) is 3. The van der Waals surface area contributed by atoms with E-state index in [-0.39, 0.29) is 16.2 Å². The topological polar surface area (TPSA) is 52.4 Å². The van der Waals surface area contributed by atoms with Crippen LogP contribution in [0.1, 0.15) is 18.1 Å². The smallest absolute Gasteiger partial charge is 0.269 e. The second-order valence-corrected chi connectivity index (χ2v) is 5.44. The number of ether oxygens (including phenoxy) is 1. The van der Waals surface area contributed by atoms with Gasteiger partial charge in [-0.2, -0.15) is 0 Å². The van der Waals surface area contributed by atoms with Crippen molar-refractivity contribution in [3.8, 4) is 5.75 Å². The minimum atomic E-state index is -0.368. The lowest BCUT2D eigenvalue weighted by molar-refractivity contribution is -0.384. The zero-order valence-corrected chi connectivity index (χ0v) is 11.2. The predicted octanol–water partition coefficient (Wildman–Crippen LogP) is 3.53. The molecule has 0 saturated heterocycles. The standard InChI is InChI=1S/C16H15NO3/c1-16(10-12-5-3-2-4-6-12)11-13-9-14(17(18)19)7-8-15(13)20-16/h2-9H,10-11H2,1H3. The Bertz CT molecular complexity index is 654. The maximum atomic E-state index is 10.8. The van der Waals surface area contributed by atoms with Gasteiger partial charge in [-0.3, -0.25) is 10.1 Å². The van der Waals surface area contributed by atoms with Gasteiger partial charge in [0.05, 0.1) is 4.92 Å². The molecule has 2 aromatic carbocycles. The molecule has 0 amide bonds. The molecule has 0 saturated carbocycles. The number of nitro benzene ring substituents is 1. The van der Waals surface area contributed by atoms with E-state index in [0.29, 0.717) is 6.42 Å². The Labute approximate surface area is 117 Å². The van der Waals surface area contributed by atoms with E-state index >= 15 is 0 Å². The van der Waals surface area contributed by atoms with Crippen LogP contribution < -0.4 is 4.74 Å². The summed E-state index contributed by atoms with van der Waals surface area (Å²) in [4.78, 5) is 10.4. The average Bonchev–Trinajstić information content (AvgIpc) is 2.74. The van der Waals surface area contributed by atoms with E-state index in [1.165, 1.54) is 11.6 Å². The molecule has 0 fully saturated rings. The highest BCUT2D eigenvalue weighted by molar-refractivity contribution is 5.47. The first-order valence-electron chi connectivity index (χ1n) is 6.56. The van der Waals surface area contributed by atoms with E-state index in [2.05, 4.69) is 12.1 Å². The highest BCUT2D eigenvalue weighted by Gasteiger charge is 2.35. The molecule has 0 N–H and O–H groups in total.